The van der Waals surface area contributed by atoms with Gasteiger partial charge in [-0.05, 0) is 23.8 Å². The summed E-state index contributed by atoms with van der Waals surface area (Å²) in [5.74, 6) is 0. The Kier molecular flexibility index (Phi) is 5.12. The zero-order valence-electron chi connectivity index (χ0n) is 14.5. The molecule has 4 heterocycles. The van der Waals surface area contributed by atoms with Crippen LogP contribution in [0, 0.1) is 0 Å². The van der Waals surface area contributed by atoms with E-state index in [0.717, 1.165) is 52.5 Å². The van der Waals surface area contributed by atoms with Gasteiger partial charge in [0.25, 0.3) is 0 Å². The summed E-state index contributed by atoms with van der Waals surface area (Å²) in [6.07, 6.45) is 7.25. The zero-order chi connectivity index (χ0) is 17.0. The lowest BCUT2D eigenvalue weighted by atomic mass is 10.0. The predicted molar refractivity (Wildman–Crippen MR) is 93.0 cm³/mol. The fourth-order valence-electron chi connectivity index (χ4n) is 3.75. The number of rotatable bonds is 4. The van der Waals surface area contributed by atoms with Crippen LogP contribution in [0.15, 0.2) is 47.5 Å². The van der Waals surface area contributed by atoms with Crippen molar-refractivity contribution in [3.8, 4) is 0 Å². The minimum absolute atomic E-state index is 0.258. The van der Waals surface area contributed by atoms with Crippen molar-refractivity contribution in [1.29, 1.82) is 0 Å². The van der Waals surface area contributed by atoms with Gasteiger partial charge in [0.2, 0.25) is 0 Å². The second-order valence-electron chi connectivity index (χ2n) is 6.99. The van der Waals surface area contributed by atoms with Crippen molar-refractivity contribution in [3.63, 3.8) is 0 Å². The van der Waals surface area contributed by atoms with E-state index in [2.05, 4.69) is 26.9 Å². The first-order valence-electron chi connectivity index (χ1n) is 8.88. The Balaban J connectivity index is 1.43. The summed E-state index contributed by atoms with van der Waals surface area (Å²) in [5, 5.41) is 0. The number of pyridine rings is 1. The second kappa shape index (κ2) is 7.66. The van der Waals surface area contributed by atoms with E-state index in [1.54, 1.807) is 6.26 Å². The van der Waals surface area contributed by atoms with Gasteiger partial charge in [-0.25, -0.2) is 0 Å². The number of furan rings is 1. The Morgan fingerprint density at radius 3 is 2.48 bits per heavy atom. The lowest BCUT2D eigenvalue weighted by molar-refractivity contribution is -0.143. The van der Waals surface area contributed by atoms with Gasteiger partial charge < -0.3 is 13.9 Å². The minimum Gasteiger partial charge on any atom is -0.472 e. The van der Waals surface area contributed by atoms with Gasteiger partial charge in [0.15, 0.2) is 0 Å². The summed E-state index contributed by atoms with van der Waals surface area (Å²) in [7, 11) is 0. The highest BCUT2D eigenvalue weighted by Crippen LogP contribution is 2.24. The molecule has 0 aliphatic carbocycles. The van der Waals surface area contributed by atoms with Crippen LogP contribution in [0.2, 0.25) is 0 Å². The molecule has 0 bridgehead atoms. The first-order valence-corrected chi connectivity index (χ1v) is 8.88. The molecular weight excluding hydrogens is 318 g/mol. The van der Waals surface area contributed by atoms with Crippen molar-refractivity contribution in [2.24, 2.45) is 0 Å². The van der Waals surface area contributed by atoms with Crippen LogP contribution >= 0.6 is 0 Å². The summed E-state index contributed by atoms with van der Waals surface area (Å²) in [4.78, 5) is 8.98. The van der Waals surface area contributed by atoms with E-state index in [4.69, 9.17) is 13.9 Å². The highest BCUT2D eigenvalue weighted by atomic mass is 16.5. The minimum atomic E-state index is -0.258. The lowest BCUT2D eigenvalue weighted by Crippen LogP contribution is -2.58. The second-order valence-corrected chi connectivity index (χ2v) is 6.99. The first kappa shape index (κ1) is 16.7. The Morgan fingerprint density at radius 2 is 1.72 bits per heavy atom. The van der Waals surface area contributed by atoms with Gasteiger partial charge in [-0.3, -0.25) is 14.8 Å². The number of morpholine rings is 1. The third kappa shape index (κ3) is 4.27. The monoisotopic (exact) mass is 343 g/mol. The van der Waals surface area contributed by atoms with Gasteiger partial charge in [-0.2, -0.15) is 0 Å². The van der Waals surface area contributed by atoms with E-state index in [1.165, 1.54) is 11.1 Å². The van der Waals surface area contributed by atoms with Crippen LogP contribution in [-0.4, -0.2) is 66.4 Å². The number of ether oxygens (including phenoxy) is 2. The fraction of sp³-hybridized carbons (Fsp3) is 0.526. The van der Waals surface area contributed by atoms with Crippen LogP contribution in [0.1, 0.15) is 11.1 Å². The molecule has 1 unspecified atom stereocenters. The topological polar surface area (TPSA) is 51.0 Å². The molecule has 2 aliphatic heterocycles. The van der Waals surface area contributed by atoms with Gasteiger partial charge in [-0.1, -0.05) is 0 Å². The fourth-order valence-corrected chi connectivity index (χ4v) is 3.75. The van der Waals surface area contributed by atoms with Gasteiger partial charge in [0.1, 0.15) is 5.60 Å². The highest BCUT2D eigenvalue weighted by molar-refractivity contribution is 5.10. The van der Waals surface area contributed by atoms with Crippen LogP contribution in [0.3, 0.4) is 0 Å². The van der Waals surface area contributed by atoms with Crippen LogP contribution in [-0.2, 0) is 22.6 Å². The molecule has 2 aromatic heterocycles. The number of aromatic nitrogens is 1. The average Bonchev–Trinajstić information content (AvgIpc) is 3.05. The van der Waals surface area contributed by atoms with Crippen molar-refractivity contribution in [1.82, 2.24) is 14.8 Å². The third-order valence-corrected chi connectivity index (χ3v) is 4.90. The van der Waals surface area contributed by atoms with E-state index < -0.39 is 0 Å². The van der Waals surface area contributed by atoms with Gasteiger partial charge in [-0.15, -0.1) is 0 Å². The summed E-state index contributed by atoms with van der Waals surface area (Å²) in [6, 6.07) is 6.18. The number of hydrogen-bond donors (Lipinski definition) is 0. The van der Waals surface area contributed by atoms with Crippen molar-refractivity contribution >= 4 is 0 Å². The molecule has 4 rings (SSSR count). The molecule has 134 valence electrons. The molecule has 1 atom stereocenters. The molecule has 0 N–H and O–H groups in total. The van der Waals surface area contributed by atoms with Crippen LogP contribution in [0.5, 0.6) is 0 Å². The summed E-state index contributed by atoms with van der Waals surface area (Å²) >= 11 is 0. The van der Waals surface area contributed by atoms with E-state index in [1.807, 2.05) is 24.7 Å². The maximum Gasteiger partial charge on any atom is 0.117 e. The molecule has 0 aromatic carbocycles. The average molecular weight is 343 g/mol. The van der Waals surface area contributed by atoms with Gasteiger partial charge >= 0.3 is 0 Å². The molecule has 1 spiro atoms. The summed E-state index contributed by atoms with van der Waals surface area (Å²) in [6.45, 7) is 7.57. The van der Waals surface area contributed by atoms with Crippen molar-refractivity contribution < 1.29 is 13.9 Å². The van der Waals surface area contributed by atoms with E-state index in [0.29, 0.717) is 6.61 Å². The molecule has 25 heavy (non-hydrogen) atoms. The van der Waals surface area contributed by atoms with Gasteiger partial charge in [0.05, 0.1) is 32.3 Å². The molecule has 6 nitrogen and oxygen atoms in total. The lowest BCUT2D eigenvalue weighted by Gasteiger charge is -2.43. The Morgan fingerprint density at radius 1 is 0.960 bits per heavy atom. The predicted octanol–water partition coefficient (Wildman–Crippen LogP) is 1.78. The van der Waals surface area contributed by atoms with Crippen LogP contribution in [0.4, 0.5) is 0 Å². The highest BCUT2D eigenvalue weighted by Gasteiger charge is 2.40. The molecule has 2 aliphatic rings. The maximum atomic E-state index is 6.26. The van der Waals surface area contributed by atoms with Crippen molar-refractivity contribution in [3.05, 3.63) is 54.2 Å². The normalized spacial score (nSPS) is 25.9. The largest absolute Gasteiger partial charge is 0.472 e. The Labute approximate surface area is 148 Å². The molecule has 0 amide bonds. The van der Waals surface area contributed by atoms with Crippen LogP contribution in [0.25, 0.3) is 0 Å². The zero-order valence-corrected chi connectivity index (χ0v) is 14.5. The van der Waals surface area contributed by atoms with E-state index in [9.17, 15) is 0 Å². The molecular formula is C19H25N3O3. The summed E-state index contributed by atoms with van der Waals surface area (Å²) < 4.78 is 17.4. The molecule has 6 heteroatoms. The smallest absolute Gasteiger partial charge is 0.117 e. The summed E-state index contributed by atoms with van der Waals surface area (Å²) in [5.41, 5.74) is 2.23. The standard InChI is InChI=1S/C19H25N3O3/c1-4-20-5-2-17(1)11-21-6-9-24-16-19(14-21)15-22(7-10-25-19)12-18-3-8-23-13-18/h1-5,8,13H,6-7,9-12,14-16H2. The molecule has 0 saturated carbocycles. The van der Waals surface area contributed by atoms with Crippen LogP contribution < -0.4 is 0 Å². The Hall–Kier alpha value is -1.73. The SMILES string of the molecule is c1cc(CN2CCOCC3(C2)CN(Cc2ccoc2)CCO3)ccn1. The van der Waals surface area contributed by atoms with E-state index >= 15 is 0 Å². The van der Waals surface area contributed by atoms with Crippen molar-refractivity contribution in [2.45, 2.75) is 18.7 Å². The Bertz CT molecular complexity index is 649. The molecule has 2 fully saturated rings. The molecule has 0 radical (unpaired) electrons. The quantitative estimate of drug-likeness (QED) is 0.843. The van der Waals surface area contributed by atoms with Gasteiger partial charge in [0, 0.05) is 57.2 Å². The third-order valence-electron chi connectivity index (χ3n) is 4.90. The first-order chi connectivity index (χ1) is 12.3. The number of nitrogens with zero attached hydrogens (tertiary/aromatic N) is 3. The molecule has 2 aromatic rings. The molecule has 2 saturated heterocycles. The van der Waals surface area contributed by atoms with Crippen molar-refractivity contribution in [2.75, 3.05) is 46.0 Å². The van der Waals surface area contributed by atoms with E-state index in [-0.39, 0.29) is 5.60 Å². The maximum absolute atomic E-state index is 6.26. The number of hydrogen-bond acceptors (Lipinski definition) is 6.